The number of hydrogen-bond acceptors (Lipinski definition) is 1. The summed E-state index contributed by atoms with van der Waals surface area (Å²) in [6.07, 6.45) is 1.37. The summed E-state index contributed by atoms with van der Waals surface area (Å²) in [6, 6.07) is 2.69. The molecule has 0 amide bonds. The van der Waals surface area contributed by atoms with Crippen LogP contribution in [0, 0.1) is 6.07 Å². The molecule has 0 bridgehead atoms. The molecule has 11 heavy (non-hydrogen) atoms. The summed E-state index contributed by atoms with van der Waals surface area (Å²) >= 11 is 0. The van der Waals surface area contributed by atoms with Crippen LogP contribution in [0.4, 0.5) is 8.78 Å². The number of rotatable bonds is 1. The Kier molecular flexibility index (Phi) is 1.11. The third-order valence-electron chi connectivity index (χ3n) is 1.95. The molecule has 0 unspecified atom stereocenters. The maximum atomic E-state index is 12.5. The van der Waals surface area contributed by atoms with E-state index in [0.717, 1.165) is 0 Å². The predicted octanol–water partition coefficient (Wildman–Crippen LogP) is 1.34. The van der Waals surface area contributed by atoms with Crippen molar-refractivity contribution in [3.05, 3.63) is 18.0 Å². The van der Waals surface area contributed by atoms with Gasteiger partial charge in [-0.1, -0.05) is 0 Å². The fraction of sp³-hybridized carbons (Fsp3) is 0.571. The first-order valence-corrected chi connectivity index (χ1v) is 3.38. The second kappa shape index (κ2) is 1.81. The second-order valence-electron chi connectivity index (χ2n) is 2.82. The molecular formula is C7H7F2N2. The molecule has 4 heteroatoms. The lowest BCUT2D eigenvalue weighted by atomic mass is 10.3. The van der Waals surface area contributed by atoms with Gasteiger partial charge in [0.15, 0.2) is 0 Å². The fourth-order valence-electron chi connectivity index (χ4n) is 1.17. The van der Waals surface area contributed by atoms with Crippen molar-refractivity contribution in [3.63, 3.8) is 0 Å². The number of nitrogens with zero attached hydrogens (tertiary/aromatic N) is 2. The minimum absolute atomic E-state index is 0.0525. The Morgan fingerprint density at radius 1 is 1.82 bits per heavy atom. The molecule has 1 aromatic rings. The van der Waals surface area contributed by atoms with Crippen LogP contribution in [0.15, 0.2) is 6.20 Å². The van der Waals surface area contributed by atoms with Crippen molar-refractivity contribution >= 4 is 0 Å². The molecule has 1 saturated carbocycles. The zero-order valence-electron chi connectivity index (χ0n) is 6.01. The first kappa shape index (κ1) is 6.76. The zero-order valence-corrected chi connectivity index (χ0v) is 6.01. The van der Waals surface area contributed by atoms with Crippen LogP contribution in [0.25, 0.3) is 0 Å². The molecule has 2 nitrogen and oxygen atoms in total. The number of halogens is 2. The number of hydrogen-bond donors (Lipinski definition) is 0. The summed E-state index contributed by atoms with van der Waals surface area (Å²) < 4.78 is 26.4. The van der Waals surface area contributed by atoms with Crippen molar-refractivity contribution in [2.24, 2.45) is 7.05 Å². The first-order valence-electron chi connectivity index (χ1n) is 3.38. The van der Waals surface area contributed by atoms with Gasteiger partial charge in [-0.2, -0.15) is 5.10 Å². The molecule has 0 aromatic carbocycles. The van der Waals surface area contributed by atoms with Crippen LogP contribution in [-0.4, -0.2) is 15.7 Å². The molecule has 1 heterocycles. The van der Waals surface area contributed by atoms with E-state index in [9.17, 15) is 8.78 Å². The largest absolute Gasteiger partial charge is 0.271 e. The monoisotopic (exact) mass is 157 g/mol. The summed E-state index contributed by atoms with van der Waals surface area (Å²) in [7, 11) is 1.65. The quantitative estimate of drug-likeness (QED) is 0.601. The first-order chi connectivity index (χ1) is 5.11. The highest BCUT2D eigenvalue weighted by atomic mass is 19.3. The van der Waals surface area contributed by atoms with Gasteiger partial charge >= 0.3 is 0 Å². The molecule has 1 aliphatic rings. The van der Waals surface area contributed by atoms with E-state index in [2.05, 4.69) is 11.2 Å². The summed E-state index contributed by atoms with van der Waals surface area (Å²) in [6.45, 7) is 0. The van der Waals surface area contributed by atoms with E-state index in [4.69, 9.17) is 0 Å². The van der Waals surface area contributed by atoms with Crippen LogP contribution in [0.3, 0.4) is 0 Å². The molecule has 1 aromatic heterocycles. The van der Waals surface area contributed by atoms with Crippen molar-refractivity contribution in [3.8, 4) is 0 Å². The highest BCUT2D eigenvalue weighted by molar-refractivity contribution is 5.20. The molecule has 0 spiro atoms. The summed E-state index contributed by atoms with van der Waals surface area (Å²) in [5, 5.41) is 3.77. The zero-order chi connectivity index (χ0) is 8.06. The van der Waals surface area contributed by atoms with E-state index in [1.165, 1.54) is 10.9 Å². The van der Waals surface area contributed by atoms with Crippen LogP contribution in [0.2, 0.25) is 0 Å². The summed E-state index contributed by atoms with van der Waals surface area (Å²) in [5.41, 5.74) is 0.509. The highest BCUT2D eigenvalue weighted by Gasteiger charge is 2.58. The lowest BCUT2D eigenvalue weighted by molar-refractivity contribution is 0.111. The maximum absolute atomic E-state index is 12.5. The van der Waals surface area contributed by atoms with Gasteiger partial charge in [0.1, 0.15) is 0 Å². The van der Waals surface area contributed by atoms with E-state index in [1.54, 1.807) is 7.05 Å². The third kappa shape index (κ3) is 0.931. The maximum Gasteiger partial charge on any atom is 0.257 e. The predicted molar refractivity (Wildman–Crippen MR) is 34.3 cm³/mol. The Labute approximate surface area is 62.8 Å². The van der Waals surface area contributed by atoms with Crippen LogP contribution >= 0.6 is 0 Å². The van der Waals surface area contributed by atoms with Gasteiger partial charge in [-0.05, 0) is 0 Å². The highest BCUT2D eigenvalue weighted by Crippen LogP contribution is 2.55. The van der Waals surface area contributed by atoms with Gasteiger partial charge < -0.3 is 0 Å². The number of aryl methyl sites for hydroxylation is 1. The van der Waals surface area contributed by atoms with Crippen LogP contribution < -0.4 is 0 Å². The minimum Gasteiger partial charge on any atom is -0.271 e. The Morgan fingerprint density at radius 3 is 2.82 bits per heavy atom. The Morgan fingerprint density at radius 2 is 2.45 bits per heavy atom. The van der Waals surface area contributed by atoms with Gasteiger partial charge in [-0.25, -0.2) is 8.78 Å². The lowest BCUT2D eigenvalue weighted by Crippen LogP contribution is -2.00. The van der Waals surface area contributed by atoms with Gasteiger partial charge in [0, 0.05) is 19.5 Å². The Hall–Kier alpha value is -0.930. The van der Waals surface area contributed by atoms with E-state index < -0.39 is 11.8 Å². The third-order valence-corrected chi connectivity index (χ3v) is 1.95. The van der Waals surface area contributed by atoms with Gasteiger partial charge in [0.2, 0.25) is 0 Å². The molecule has 1 fully saturated rings. The molecule has 0 N–H and O–H groups in total. The van der Waals surface area contributed by atoms with Crippen LogP contribution in [0.5, 0.6) is 0 Å². The molecule has 0 saturated heterocycles. The number of alkyl halides is 2. The molecular weight excluding hydrogens is 150 g/mol. The molecule has 59 valence electrons. The van der Waals surface area contributed by atoms with Crippen molar-refractivity contribution in [2.75, 3.05) is 0 Å². The summed E-state index contributed by atoms with van der Waals surface area (Å²) in [4.78, 5) is 0. The van der Waals surface area contributed by atoms with Crippen molar-refractivity contribution in [2.45, 2.75) is 18.3 Å². The number of aromatic nitrogens is 2. The van der Waals surface area contributed by atoms with Gasteiger partial charge in [0.05, 0.1) is 17.8 Å². The van der Waals surface area contributed by atoms with Crippen LogP contribution in [-0.2, 0) is 7.05 Å². The Bertz CT molecular complexity index is 280. The summed E-state index contributed by atoms with van der Waals surface area (Å²) in [5.74, 6) is -3.15. The SMILES string of the molecule is Cn1nc[c]c1[C@H]1CC1(F)F. The van der Waals surface area contributed by atoms with E-state index in [0.29, 0.717) is 5.69 Å². The molecule has 1 aliphatic carbocycles. The average Bonchev–Trinajstić information content (AvgIpc) is 2.38. The molecule has 0 aliphatic heterocycles. The Balaban J connectivity index is 2.27. The van der Waals surface area contributed by atoms with E-state index >= 15 is 0 Å². The smallest absolute Gasteiger partial charge is 0.257 e. The van der Waals surface area contributed by atoms with E-state index in [1.807, 2.05) is 0 Å². The van der Waals surface area contributed by atoms with Gasteiger partial charge in [0.25, 0.3) is 5.92 Å². The molecule has 1 atom stereocenters. The molecule has 1 radical (unpaired) electrons. The normalized spacial score (nSPS) is 27.0. The van der Waals surface area contributed by atoms with Gasteiger partial charge in [-0.3, -0.25) is 4.68 Å². The fourth-order valence-corrected chi connectivity index (χ4v) is 1.17. The topological polar surface area (TPSA) is 17.8 Å². The second-order valence-corrected chi connectivity index (χ2v) is 2.82. The lowest BCUT2D eigenvalue weighted by Gasteiger charge is -1.97. The standard InChI is InChI=1S/C7H7F2N2/c1-11-6(2-3-10-11)5-4-7(5,8)9/h3,5H,4H2,1H3/t5-/m1/s1. The van der Waals surface area contributed by atoms with Crippen LogP contribution in [0.1, 0.15) is 18.0 Å². The molecule has 2 rings (SSSR count). The van der Waals surface area contributed by atoms with Crippen molar-refractivity contribution in [1.29, 1.82) is 0 Å². The minimum atomic E-state index is -2.51. The van der Waals surface area contributed by atoms with Crippen molar-refractivity contribution < 1.29 is 8.78 Å². The average molecular weight is 157 g/mol. The van der Waals surface area contributed by atoms with Crippen molar-refractivity contribution in [1.82, 2.24) is 9.78 Å². The van der Waals surface area contributed by atoms with Gasteiger partial charge in [-0.15, -0.1) is 0 Å². The van der Waals surface area contributed by atoms with E-state index in [-0.39, 0.29) is 6.42 Å².